The maximum absolute atomic E-state index is 5.47. The van der Waals surface area contributed by atoms with Crippen molar-refractivity contribution in [3.05, 3.63) is 36.0 Å². The van der Waals surface area contributed by atoms with E-state index in [-0.39, 0.29) is 5.54 Å². The lowest BCUT2D eigenvalue weighted by Crippen LogP contribution is -2.35. The third-order valence-electron chi connectivity index (χ3n) is 3.57. The first-order valence-electron chi connectivity index (χ1n) is 7.91. The molecular weight excluding hydrogens is 260 g/mol. The molecule has 0 atom stereocenters. The smallest absolute Gasteiger partial charge is 0.0482 e. The number of para-hydroxylation sites is 1. The first-order valence-corrected chi connectivity index (χ1v) is 7.91. The van der Waals surface area contributed by atoms with Crippen LogP contribution >= 0.6 is 0 Å². The van der Waals surface area contributed by atoms with Crippen LogP contribution in [0.15, 0.2) is 30.3 Å². The second-order valence-corrected chi connectivity index (χ2v) is 6.50. The van der Waals surface area contributed by atoms with E-state index in [0.29, 0.717) is 0 Å². The van der Waals surface area contributed by atoms with Crippen molar-refractivity contribution in [2.75, 3.05) is 13.2 Å². The maximum Gasteiger partial charge on any atom is 0.0482 e. The zero-order valence-electron chi connectivity index (χ0n) is 13.8. The van der Waals surface area contributed by atoms with Crippen molar-refractivity contribution >= 4 is 10.9 Å². The van der Waals surface area contributed by atoms with Crippen LogP contribution in [0.1, 0.15) is 39.8 Å². The van der Waals surface area contributed by atoms with Gasteiger partial charge >= 0.3 is 0 Å². The summed E-state index contributed by atoms with van der Waals surface area (Å²) < 4.78 is 7.89. The molecule has 2 rings (SSSR count). The first kappa shape index (κ1) is 16.1. The van der Waals surface area contributed by atoms with Gasteiger partial charge in [-0.2, -0.15) is 0 Å². The summed E-state index contributed by atoms with van der Waals surface area (Å²) >= 11 is 0. The Kier molecular flexibility index (Phi) is 5.43. The predicted molar refractivity (Wildman–Crippen MR) is 89.6 cm³/mol. The third kappa shape index (κ3) is 4.58. The molecule has 116 valence electrons. The lowest BCUT2D eigenvalue weighted by atomic mass is 10.1. The number of nitrogens with one attached hydrogen (secondary N) is 1. The van der Waals surface area contributed by atoms with E-state index in [1.54, 1.807) is 0 Å². The molecule has 2 aromatic rings. The monoisotopic (exact) mass is 288 g/mol. The molecule has 21 heavy (non-hydrogen) atoms. The summed E-state index contributed by atoms with van der Waals surface area (Å²) in [6, 6.07) is 10.9. The Bertz CT molecular complexity index is 566. The van der Waals surface area contributed by atoms with E-state index in [1.807, 2.05) is 6.92 Å². The lowest BCUT2D eigenvalue weighted by Gasteiger charge is -2.21. The van der Waals surface area contributed by atoms with Crippen molar-refractivity contribution in [1.29, 1.82) is 0 Å². The van der Waals surface area contributed by atoms with Crippen LogP contribution in [0, 0.1) is 0 Å². The highest BCUT2D eigenvalue weighted by atomic mass is 16.5. The molecule has 0 saturated carbocycles. The Morgan fingerprint density at radius 2 is 1.95 bits per heavy atom. The van der Waals surface area contributed by atoms with E-state index in [2.05, 4.69) is 61.0 Å². The van der Waals surface area contributed by atoms with E-state index in [1.165, 1.54) is 16.6 Å². The molecule has 0 saturated heterocycles. The van der Waals surface area contributed by atoms with Crippen molar-refractivity contribution in [3.8, 4) is 0 Å². The average Bonchev–Trinajstić information content (AvgIpc) is 2.79. The Morgan fingerprint density at radius 3 is 2.67 bits per heavy atom. The Balaban J connectivity index is 2.17. The summed E-state index contributed by atoms with van der Waals surface area (Å²) in [7, 11) is 0. The maximum atomic E-state index is 5.47. The molecule has 1 aromatic heterocycles. The van der Waals surface area contributed by atoms with Gasteiger partial charge < -0.3 is 14.6 Å². The zero-order valence-corrected chi connectivity index (χ0v) is 13.8. The number of benzene rings is 1. The van der Waals surface area contributed by atoms with Gasteiger partial charge in [0, 0.05) is 43.1 Å². The molecule has 0 fully saturated rings. The van der Waals surface area contributed by atoms with Crippen molar-refractivity contribution in [2.45, 2.75) is 52.7 Å². The summed E-state index contributed by atoms with van der Waals surface area (Å²) in [5.41, 5.74) is 2.80. The number of nitrogens with zero attached hydrogens (tertiary/aromatic N) is 1. The molecule has 0 amide bonds. The Morgan fingerprint density at radius 1 is 1.19 bits per heavy atom. The van der Waals surface area contributed by atoms with E-state index in [0.717, 1.165) is 32.7 Å². The van der Waals surface area contributed by atoms with Crippen molar-refractivity contribution < 1.29 is 4.74 Å². The number of hydrogen-bond donors (Lipinski definition) is 1. The molecule has 1 N–H and O–H groups in total. The van der Waals surface area contributed by atoms with E-state index < -0.39 is 0 Å². The number of aromatic nitrogens is 1. The average molecular weight is 288 g/mol. The van der Waals surface area contributed by atoms with Gasteiger partial charge in [-0.3, -0.25) is 0 Å². The topological polar surface area (TPSA) is 26.2 Å². The fourth-order valence-corrected chi connectivity index (χ4v) is 2.50. The van der Waals surface area contributed by atoms with Gasteiger partial charge in [0.25, 0.3) is 0 Å². The normalized spacial score (nSPS) is 12.2. The fourth-order valence-electron chi connectivity index (χ4n) is 2.50. The fraction of sp³-hybridized carbons (Fsp3) is 0.556. The Labute approximate surface area is 128 Å². The zero-order chi connectivity index (χ0) is 15.3. The van der Waals surface area contributed by atoms with Crippen LogP contribution in [0.25, 0.3) is 10.9 Å². The van der Waals surface area contributed by atoms with Crippen LogP contribution in [-0.4, -0.2) is 23.3 Å². The number of fused-ring (bicyclic) bond motifs is 1. The van der Waals surface area contributed by atoms with Gasteiger partial charge in [0.1, 0.15) is 0 Å². The highest BCUT2D eigenvalue weighted by molar-refractivity contribution is 5.81. The molecule has 0 aliphatic carbocycles. The summed E-state index contributed by atoms with van der Waals surface area (Å²) in [6.45, 7) is 12.2. The molecule has 3 nitrogen and oxygen atoms in total. The largest absolute Gasteiger partial charge is 0.382 e. The number of rotatable bonds is 7. The minimum absolute atomic E-state index is 0.132. The first-order chi connectivity index (χ1) is 10.0. The second-order valence-electron chi connectivity index (χ2n) is 6.50. The van der Waals surface area contributed by atoms with Gasteiger partial charge in [-0.25, -0.2) is 0 Å². The van der Waals surface area contributed by atoms with Crippen LogP contribution in [-0.2, 0) is 17.8 Å². The second kappa shape index (κ2) is 7.10. The summed E-state index contributed by atoms with van der Waals surface area (Å²) in [5, 5.41) is 4.91. The third-order valence-corrected chi connectivity index (χ3v) is 3.57. The predicted octanol–water partition coefficient (Wildman–Crippen LogP) is 3.96. The van der Waals surface area contributed by atoms with Crippen LogP contribution < -0.4 is 5.32 Å². The van der Waals surface area contributed by atoms with Gasteiger partial charge in [-0.05, 0) is 51.6 Å². The molecular formula is C18H28N2O. The van der Waals surface area contributed by atoms with Gasteiger partial charge in [-0.15, -0.1) is 0 Å². The standard InChI is InChI=1S/C18H28N2O/c1-5-21-12-8-11-20-16(14-19-18(2,3)4)13-15-9-6-7-10-17(15)20/h6-7,9-10,13,19H,5,8,11-12,14H2,1-4H3. The number of ether oxygens (including phenoxy) is 1. The van der Waals surface area contributed by atoms with Crippen molar-refractivity contribution in [3.63, 3.8) is 0 Å². The molecule has 0 radical (unpaired) electrons. The quantitative estimate of drug-likeness (QED) is 0.781. The van der Waals surface area contributed by atoms with E-state index >= 15 is 0 Å². The lowest BCUT2D eigenvalue weighted by molar-refractivity contribution is 0.141. The molecule has 0 aliphatic rings. The Hall–Kier alpha value is -1.32. The summed E-state index contributed by atoms with van der Waals surface area (Å²) in [5.74, 6) is 0. The van der Waals surface area contributed by atoms with Crippen LogP contribution in [0.5, 0.6) is 0 Å². The molecule has 0 aliphatic heterocycles. The van der Waals surface area contributed by atoms with Gasteiger partial charge in [0.2, 0.25) is 0 Å². The summed E-state index contributed by atoms with van der Waals surface area (Å²) in [4.78, 5) is 0. The SMILES string of the molecule is CCOCCCn1c(CNC(C)(C)C)cc2ccccc21. The van der Waals surface area contributed by atoms with Crippen molar-refractivity contribution in [2.24, 2.45) is 0 Å². The van der Waals surface area contributed by atoms with Crippen molar-refractivity contribution in [1.82, 2.24) is 9.88 Å². The van der Waals surface area contributed by atoms with E-state index in [4.69, 9.17) is 4.74 Å². The molecule has 0 unspecified atom stereocenters. The summed E-state index contributed by atoms with van der Waals surface area (Å²) in [6.07, 6.45) is 1.05. The van der Waals surface area contributed by atoms with Gasteiger partial charge in [-0.1, -0.05) is 18.2 Å². The molecule has 1 aromatic carbocycles. The molecule has 3 heteroatoms. The highest BCUT2D eigenvalue weighted by Gasteiger charge is 2.12. The van der Waals surface area contributed by atoms with Gasteiger partial charge in [0.15, 0.2) is 0 Å². The van der Waals surface area contributed by atoms with Crippen LogP contribution in [0.3, 0.4) is 0 Å². The number of aryl methyl sites for hydroxylation is 1. The minimum Gasteiger partial charge on any atom is -0.382 e. The number of hydrogen-bond acceptors (Lipinski definition) is 2. The van der Waals surface area contributed by atoms with Gasteiger partial charge in [0.05, 0.1) is 0 Å². The van der Waals surface area contributed by atoms with E-state index in [9.17, 15) is 0 Å². The minimum atomic E-state index is 0.132. The van der Waals surface area contributed by atoms with Crippen LogP contribution in [0.4, 0.5) is 0 Å². The molecule has 1 heterocycles. The van der Waals surface area contributed by atoms with Crippen LogP contribution in [0.2, 0.25) is 0 Å². The molecule has 0 spiro atoms. The molecule has 0 bridgehead atoms. The highest BCUT2D eigenvalue weighted by Crippen LogP contribution is 2.21.